The van der Waals surface area contributed by atoms with Crippen molar-refractivity contribution in [3.8, 4) is 11.6 Å². The van der Waals surface area contributed by atoms with Crippen LogP contribution in [0.3, 0.4) is 0 Å². The number of halogens is 3. The molecule has 12 nitrogen and oxygen atoms in total. The van der Waals surface area contributed by atoms with Crippen LogP contribution >= 0.6 is 0 Å². The predicted molar refractivity (Wildman–Crippen MR) is 167 cm³/mol. The molecule has 3 aromatic rings. The number of carbonyl (C=O) groups is 2. The van der Waals surface area contributed by atoms with Gasteiger partial charge in [0.05, 0.1) is 24.1 Å². The summed E-state index contributed by atoms with van der Waals surface area (Å²) in [5, 5.41) is 2.53. The first kappa shape index (κ1) is 33.9. The number of fused-ring (bicyclic) bond motifs is 1. The number of sulfonamides is 1. The lowest BCUT2D eigenvalue weighted by molar-refractivity contribution is -0.137. The first-order valence-corrected chi connectivity index (χ1v) is 16.6. The van der Waals surface area contributed by atoms with Crippen LogP contribution in [0.25, 0.3) is 0 Å². The maximum atomic E-state index is 13.1. The minimum absolute atomic E-state index is 0.0283. The molecule has 2 aromatic carbocycles. The van der Waals surface area contributed by atoms with Crippen molar-refractivity contribution in [2.75, 3.05) is 36.1 Å². The van der Waals surface area contributed by atoms with Gasteiger partial charge in [-0.25, -0.2) is 28.0 Å². The second-order valence-corrected chi connectivity index (χ2v) is 14.3. The largest absolute Gasteiger partial charge is 0.444 e. The first-order chi connectivity index (χ1) is 22.0. The molecule has 3 amide bonds. The van der Waals surface area contributed by atoms with Gasteiger partial charge in [-0.15, -0.1) is 0 Å². The van der Waals surface area contributed by atoms with Crippen molar-refractivity contribution in [3.63, 3.8) is 0 Å². The summed E-state index contributed by atoms with van der Waals surface area (Å²) in [6, 6.07) is 9.96. The lowest BCUT2D eigenvalue weighted by atomic mass is 10.1. The molecule has 47 heavy (non-hydrogen) atoms. The number of nitrogens with zero attached hydrogens (tertiary/aromatic N) is 5. The van der Waals surface area contributed by atoms with Gasteiger partial charge in [-0.3, -0.25) is 4.90 Å². The molecular weight excluding hydrogens is 641 g/mol. The minimum Gasteiger partial charge on any atom is -0.444 e. The number of carbonyl (C=O) groups excluding carboxylic acids is 2. The van der Waals surface area contributed by atoms with Gasteiger partial charge in [-0.2, -0.15) is 17.5 Å². The molecule has 1 unspecified atom stereocenters. The number of anilines is 2. The Bertz CT molecular complexity index is 1760. The normalized spacial score (nSPS) is 16.7. The second-order valence-electron chi connectivity index (χ2n) is 12.3. The Morgan fingerprint density at radius 1 is 1.06 bits per heavy atom. The number of alkyl halides is 3. The van der Waals surface area contributed by atoms with Crippen LogP contribution < -0.4 is 15.0 Å². The molecule has 0 bridgehead atoms. The Morgan fingerprint density at radius 3 is 2.53 bits per heavy atom. The molecule has 1 aromatic heterocycles. The van der Waals surface area contributed by atoms with Crippen LogP contribution in [-0.4, -0.2) is 77.2 Å². The molecule has 1 atom stereocenters. The molecule has 1 fully saturated rings. The molecule has 5 rings (SSSR count). The summed E-state index contributed by atoms with van der Waals surface area (Å²) in [5.41, 5.74) is 0.251. The van der Waals surface area contributed by atoms with E-state index in [1.165, 1.54) is 38.6 Å². The zero-order valence-corrected chi connectivity index (χ0v) is 27.1. The highest BCUT2D eigenvalue weighted by Gasteiger charge is 2.37. The summed E-state index contributed by atoms with van der Waals surface area (Å²) in [5.74, 6) is 0.583. The molecule has 0 saturated carbocycles. The zero-order valence-electron chi connectivity index (χ0n) is 26.2. The van der Waals surface area contributed by atoms with Crippen molar-refractivity contribution in [2.45, 2.75) is 58.0 Å². The van der Waals surface area contributed by atoms with Crippen molar-refractivity contribution in [3.05, 3.63) is 71.7 Å². The number of urea groups is 1. The van der Waals surface area contributed by atoms with Crippen molar-refractivity contribution < 1.29 is 40.7 Å². The number of benzene rings is 2. The summed E-state index contributed by atoms with van der Waals surface area (Å²) in [4.78, 5) is 36.8. The van der Waals surface area contributed by atoms with Crippen LogP contribution in [0.1, 0.15) is 44.0 Å². The van der Waals surface area contributed by atoms with Crippen LogP contribution in [0.5, 0.6) is 11.6 Å². The number of ether oxygens (including phenoxy) is 2. The summed E-state index contributed by atoms with van der Waals surface area (Å²) in [6.45, 7) is 6.08. The predicted octanol–water partition coefficient (Wildman–Crippen LogP) is 5.65. The molecule has 2 aliphatic heterocycles. The van der Waals surface area contributed by atoms with Gasteiger partial charge in [0.2, 0.25) is 15.9 Å². The first-order valence-electron chi connectivity index (χ1n) is 14.8. The topological polar surface area (TPSA) is 134 Å². The van der Waals surface area contributed by atoms with Crippen molar-refractivity contribution >= 4 is 33.5 Å². The van der Waals surface area contributed by atoms with Gasteiger partial charge in [0.15, 0.2) is 0 Å². The van der Waals surface area contributed by atoms with Gasteiger partial charge in [0.1, 0.15) is 17.7 Å². The van der Waals surface area contributed by atoms with E-state index < -0.39 is 45.5 Å². The number of nitrogens with one attached hydrogen (secondary N) is 1. The van der Waals surface area contributed by atoms with Gasteiger partial charge in [0.25, 0.3) is 0 Å². The number of aromatic nitrogens is 2. The molecule has 0 radical (unpaired) electrons. The third-order valence-electron chi connectivity index (χ3n) is 7.52. The van der Waals surface area contributed by atoms with Crippen LogP contribution in [0.4, 0.5) is 34.1 Å². The number of hydrogen-bond acceptors (Lipinski definition) is 8. The molecule has 16 heteroatoms. The van der Waals surface area contributed by atoms with Crippen LogP contribution in [0.2, 0.25) is 0 Å². The molecular formula is C31H35F3N6O6S. The third kappa shape index (κ3) is 8.48. The van der Waals surface area contributed by atoms with E-state index in [4.69, 9.17) is 9.47 Å². The lowest BCUT2D eigenvalue weighted by Gasteiger charge is -2.27. The molecule has 2 aliphatic rings. The number of amides is 3. The summed E-state index contributed by atoms with van der Waals surface area (Å²) in [7, 11) is -3.68. The SMILES string of the molecule is CC(C)(C)OC(=O)N1CCC(N(Cc2cc(Oc3ccc4c(c3)CCN4C(=O)Nc3cccc(C(F)(F)F)c3)ncn2)S(C)(=O)=O)C1. The monoisotopic (exact) mass is 676 g/mol. The number of rotatable bonds is 7. The Labute approximate surface area is 270 Å². The van der Waals surface area contributed by atoms with Crippen LogP contribution in [0.15, 0.2) is 54.9 Å². The van der Waals surface area contributed by atoms with E-state index in [1.807, 2.05) is 0 Å². The Kier molecular flexibility index (Phi) is 9.37. The van der Waals surface area contributed by atoms with E-state index in [0.717, 1.165) is 24.0 Å². The Morgan fingerprint density at radius 2 is 1.83 bits per heavy atom. The molecule has 252 valence electrons. The fourth-order valence-corrected chi connectivity index (χ4v) is 6.48. The fraction of sp³-hybridized carbons (Fsp3) is 0.419. The van der Waals surface area contributed by atoms with E-state index >= 15 is 0 Å². The number of likely N-dealkylation sites (tertiary alicyclic amines) is 1. The zero-order chi connectivity index (χ0) is 34.1. The van der Waals surface area contributed by atoms with Gasteiger partial charge in [0, 0.05) is 43.1 Å². The van der Waals surface area contributed by atoms with Gasteiger partial charge >= 0.3 is 18.3 Å². The minimum atomic E-state index is -4.53. The standard InChI is InChI=1S/C31H35F3N6O6S/c1-30(2,3)46-29(42)38-12-11-24(18-38)40(47(4,43)44)17-23-16-27(36-19-35-23)45-25-8-9-26-20(14-25)10-13-39(26)28(41)37-22-7-5-6-21(15-22)31(32,33)34/h5-9,14-16,19,24H,10-13,17-18H2,1-4H3,(H,37,41). The fourth-order valence-electron chi connectivity index (χ4n) is 5.40. The van der Waals surface area contributed by atoms with Crippen molar-refractivity contribution in [1.82, 2.24) is 19.2 Å². The molecule has 0 aliphatic carbocycles. The smallest absolute Gasteiger partial charge is 0.416 e. The maximum absolute atomic E-state index is 13.1. The van der Waals surface area contributed by atoms with E-state index in [2.05, 4.69) is 15.3 Å². The molecule has 0 spiro atoms. The number of hydrogen-bond donors (Lipinski definition) is 1. The van der Waals surface area contributed by atoms with E-state index in [1.54, 1.807) is 39.0 Å². The highest BCUT2D eigenvalue weighted by molar-refractivity contribution is 7.88. The Balaban J connectivity index is 1.24. The van der Waals surface area contributed by atoms with Crippen molar-refractivity contribution in [1.29, 1.82) is 0 Å². The van der Waals surface area contributed by atoms with Gasteiger partial charge in [-0.05, 0) is 75.6 Å². The second kappa shape index (κ2) is 13.0. The van der Waals surface area contributed by atoms with Crippen molar-refractivity contribution in [2.24, 2.45) is 0 Å². The highest BCUT2D eigenvalue weighted by Crippen LogP contribution is 2.34. The summed E-state index contributed by atoms with van der Waals surface area (Å²) < 4.78 is 77.5. The third-order valence-corrected chi connectivity index (χ3v) is 8.80. The maximum Gasteiger partial charge on any atom is 0.416 e. The summed E-state index contributed by atoms with van der Waals surface area (Å²) >= 11 is 0. The summed E-state index contributed by atoms with van der Waals surface area (Å²) in [6.07, 6.45) is -1.74. The van der Waals surface area contributed by atoms with Gasteiger partial charge < -0.3 is 19.7 Å². The highest BCUT2D eigenvalue weighted by atomic mass is 32.2. The lowest BCUT2D eigenvalue weighted by Crippen LogP contribution is -2.42. The van der Waals surface area contributed by atoms with Crippen LogP contribution in [-0.2, 0) is 33.9 Å². The molecule has 1 saturated heterocycles. The van der Waals surface area contributed by atoms with Crippen LogP contribution in [0, 0.1) is 0 Å². The average molecular weight is 677 g/mol. The van der Waals surface area contributed by atoms with E-state index in [0.29, 0.717) is 43.1 Å². The average Bonchev–Trinajstić information content (AvgIpc) is 3.62. The van der Waals surface area contributed by atoms with E-state index in [9.17, 15) is 31.2 Å². The van der Waals surface area contributed by atoms with E-state index in [-0.39, 0.29) is 24.7 Å². The molecule has 3 heterocycles. The van der Waals surface area contributed by atoms with Gasteiger partial charge in [-0.1, -0.05) is 6.07 Å². The Hall–Kier alpha value is -4.44. The quantitative estimate of drug-likeness (QED) is 0.339. The molecule has 1 N–H and O–H groups in total.